The van der Waals surface area contributed by atoms with Crippen molar-refractivity contribution in [2.45, 2.75) is 5.44 Å². The minimum atomic E-state index is -4.04. The second kappa shape index (κ2) is 6.30. The van der Waals surface area contributed by atoms with Gasteiger partial charge in [0.05, 0.1) is 10.7 Å². The third kappa shape index (κ3) is 4.17. The summed E-state index contributed by atoms with van der Waals surface area (Å²) in [6, 6.07) is 5.34. The van der Waals surface area contributed by atoms with E-state index in [-0.39, 0.29) is 12.2 Å². The average Bonchev–Trinajstić information content (AvgIpc) is 2.38. The van der Waals surface area contributed by atoms with Crippen LogP contribution in [0.3, 0.4) is 0 Å². The molecule has 1 unspecified atom stereocenters. The molecule has 0 radical (unpaired) electrons. The lowest BCUT2D eigenvalue weighted by molar-refractivity contribution is -0.384. The lowest BCUT2D eigenvalue weighted by atomic mass is 10.3. The van der Waals surface area contributed by atoms with Gasteiger partial charge in [-0.3, -0.25) is 14.9 Å². The van der Waals surface area contributed by atoms with E-state index in [4.69, 9.17) is 10.8 Å². The van der Waals surface area contributed by atoms with Gasteiger partial charge in [0, 0.05) is 24.4 Å². The van der Waals surface area contributed by atoms with E-state index in [9.17, 15) is 23.3 Å². The van der Waals surface area contributed by atoms with Crippen molar-refractivity contribution in [2.24, 2.45) is 5.73 Å². The van der Waals surface area contributed by atoms with Crippen LogP contribution in [0, 0.1) is 10.1 Å². The van der Waals surface area contributed by atoms with Gasteiger partial charge >= 0.3 is 0 Å². The van der Waals surface area contributed by atoms with Crippen molar-refractivity contribution in [1.82, 2.24) is 0 Å². The van der Waals surface area contributed by atoms with Gasteiger partial charge in [0.25, 0.3) is 11.6 Å². The number of amides is 1. The number of carbonyl (C=O) groups is 1. The Hall–Kier alpha value is -2.20. The van der Waals surface area contributed by atoms with Crippen LogP contribution in [0.4, 0.5) is 11.4 Å². The summed E-state index contributed by atoms with van der Waals surface area (Å²) in [7, 11) is -4.04. The van der Waals surface area contributed by atoms with Crippen LogP contribution in [0.1, 0.15) is 0 Å². The number of nitrogens with zero attached hydrogens (tertiary/aromatic N) is 1. The van der Waals surface area contributed by atoms with Crippen molar-refractivity contribution in [3.05, 3.63) is 34.4 Å². The van der Waals surface area contributed by atoms with E-state index in [0.717, 1.165) is 0 Å². The van der Waals surface area contributed by atoms with Crippen LogP contribution in [0.5, 0.6) is 0 Å². The van der Waals surface area contributed by atoms with Crippen molar-refractivity contribution in [3.8, 4) is 0 Å². The summed E-state index contributed by atoms with van der Waals surface area (Å²) >= 11 is 0. The number of rotatable bonds is 7. The fraction of sp³-hybridized carbons (Fsp3) is 0.300. The van der Waals surface area contributed by atoms with Crippen LogP contribution in [-0.2, 0) is 14.6 Å². The monoisotopic (exact) mass is 303 g/mol. The third-order valence-electron chi connectivity index (χ3n) is 2.38. The molecule has 0 aliphatic carbocycles. The zero-order chi connectivity index (χ0) is 15.3. The Morgan fingerprint density at radius 3 is 2.40 bits per heavy atom. The number of nitrogens with two attached hydrogens (primary N) is 1. The molecule has 0 aliphatic rings. The number of nitrogens with one attached hydrogen (secondary N) is 1. The van der Waals surface area contributed by atoms with Gasteiger partial charge in [0.2, 0.25) is 5.44 Å². The molecule has 1 aromatic rings. The SMILES string of the molecule is NC(=O)C(O)S(=O)(=O)CCNc1ccc([N+](=O)[O-])cc1. The highest BCUT2D eigenvalue weighted by Gasteiger charge is 2.27. The molecule has 9 nitrogen and oxygen atoms in total. The van der Waals surface area contributed by atoms with Crippen LogP contribution < -0.4 is 11.1 Å². The van der Waals surface area contributed by atoms with Gasteiger partial charge in [-0.1, -0.05) is 0 Å². The Balaban J connectivity index is 2.56. The number of nitro benzene ring substituents is 1. The number of hydrogen-bond acceptors (Lipinski definition) is 7. The fourth-order valence-corrected chi connectivity index (χ4v) is 2.29. The molecule has 0 saturated carbocycles. The Morgan fingerprint density at radius 1 is 1.40 bits per heavy atom. The molecule has 1 amide bonds. The smallest absolute Gasteiger partial charge is 0.269 e. The molecule has 0 fully saturated rings. The highest BCUT2D eigenvalue weighted by atomic mass is 32.2. The number of primary amides is 1. The molecule has 0 heterocycles. The van der Waals surface area contributed by atoms with E-state index in [1.54, 1.807) is 0 Å². The number of aliphatic hydroxyl groups is 1. The molecule has 0 spiro atoms. The van der Waals surface area contributed by atoms with Gasteiger partial charge in [-0.05, 0) is 12.1 Å². The van der Waals surface area contributed by atoms with E-state index in [1.165, 1.54) is 24.3 Å². The van der Waals surface area contributed by atoms with Crippen molar-refractivity contribution in [1.29, 1.82) is 0 Å². The normalized spacial score (nSPS) is 12.7. The maximum atomic E-state index is 11.4. The van der Waals surface area contributed by atoms with Gasteiger partial charge in [0.1, 0.15) is 0 Å². The number of anilines is 1. The number of benzene rings is 1. The topological polar surface area (TPSA) is 153 Å². The molecule has 0 bridgehead atoms. The Morgan fingerprint density at radius 2 is 1.95 bits per heavy atom. The molecule has 110 valence electrons. The summed E-state index contributed by atoms with van der Waals surface area (Å²) in [6.07, 6.45) is 0. The lowest BCUT2D eigenvalue weighted by Gasteiger charge is -2.09. The van der Waals surface area contributed by atoms with E-state index in [2.05, 4.69) is 5.32 Å². The Kier molecular flexibility index (Phi) is 5.00. The van der Waals surface area contributed by atoms with Gasteiger partial charge in [-0.15, -0.1) is 0 Å². The van der Waals surface area contributed by atoms with Crippen molar-refractivity contribution in [3.63, 3.8) is 0 Å². The van der Waals surface area contributed by atoms with Gasteiger partial charge in [0.15, 0.2) is 9.84 Å². The zero-order valence-corrected chi connectivity index (χ0v) is 11.0. The Labute approximate surface area is 114 Å². The molecule has 4 N–H and O–H groups in total. The van der Waals surface area contributed by atoms with Gasteiger partial charge in [-0.2, -0.15) is 0 Å². The first-order valence-electron chi connectivity index (χ1n) is 5.41. The molecule has 0 aliphatic heterocycles. The number of nitro groups is 1. The van der Waals surface area contributed by atoms with Crippen LogP contribution in [-0.4, -0.2) is 42.1 Å². The highest BCUT2D eigenvalue weighted by molar-refractivity contribution is 7.92. The van der Waals surface area contributed by atoms with Crippen molar-refractivity contribution in [2.75, 3.05) is 17.6 Å². The predicted molar refractivity (Wildman–Crippen MR) is 70.6 cm³/mol. The zero-order valence-electron chi connectivity index (χ0n) is 10.2. The molecule has 0 aromatic heterocycles. The summed E-state index contributed by atoms with van der Waals surface area (Å²) in [6.45, 7) is -0.0789. The first-order chi connectivity index (χ1) is 9.24. The molecule has 1 aromatic carbocycles. The molecule has 1 atom stereocenters. The molecule has 20 heavy (non-hydrogen) atoms. The molecule has 10 heteroatoms. The summed E-state index contributed by atoms with van der Waals surface area (Å²) in [5, 5.41) is 22.2. The largest absolute Gasteiger partial charge is 0.384 e. The number of aliphatic hydroxyl groups excluding tert-OH is 1. The molecular weight excluding hydrogens is 290 g/mol. The Bertz CT molecular complexity index is 598. The number of sulfone groups is 1. The number of hydrogen-bond donors (Lipinski definition) is 3. The maximum Gasteiger partial charge on any atom is 0.269 e. The minimum Gasteiger partial charge on any atom is -0.384 e. The summed E-state index contributed by atoms with van der Waals surface area (Å²) in [5.74, 6) is -1.84. The van der Waals surface area contributed by atoms with Crippen LogP contribution in [0.15, 0.2) is 24.3 Å². The average molecular weight is 303 g/mol. The maximum absolute atomic E-state index is 11.4. The summed E-state index contributed by atoms with van der Waals surface area (Å²) in [5.41, 5.74) is 2.84. The minimum absolute atomic E-state index is 0.0789. The number of non-ortho nitro benzene ring substituents is 1. The van der Waals surface area contributed by atoms with E-state index in [1.807, 2.05) is 0 Å². The molecule has 0 saturated heterocycles. The van der Waals surface area contributed by atoms with Crippen molar-refractivity contribution >= 4 is 27.1 Å². The lowest BCUT2D eigenvalue weighted by Crippen LogP contribution is -2.38. The van der Waals surface area contributed by atoms with Crippen LogP contribution in [0.2, 0.25) is 0 Å². The van der Waals surface area contributed by atoms with Crippen LogP contribution in [0.25, 0.3) is 0 Å². The summed E-state index contributed by atoms with van der Waals surface area (Å²) < 4.78 is 22.9. The quantitative estimate of drug-likeness (QED) is 0.441. The molecule has 1 rings (SSSR count). The summed E-state index contributed by atoms with van der Waals surface area (Å²) in [4.78, 5) is 20.5. The molecular formula is C10H13N3O6S. The van der Waals surface area contributed by atoms with E-state index in [0.29, 0.717) is 5.69 Å². The van der Waals surface area contributed by atoms with Crippen LogP contribution >= 0.6 is 0 Å². The van der Waals surface area contributed by atoms with E-state index >= 15 is 0 Å². The second-order valence-corrected chi connectivity index (χ2v) is 6.03. The van der Waals surface area contributed by atoms with Gasteiger partial charge < -0.3 is 16.2 Å². The first-order valence-corrected chi connectivity index (χ1v) is 7.13. The fourth-order valence-electron chi connectivity index (χ4n) is 1.33. The van der Waals surface area contributed by atoms with Crippen molar-refractivity contribution < 1.29 is 23.2 Å². The second-order valence-electron chi connectivity index (χ2n) is 3.85. The number of carbonyl (C=O) groups excluding carboxylic acids is 1. The van der Waals surface area contributed by atoms with Gasteiger partial charge in [-0.25, -0.2) is 8.42 Å². The first kappa shape index (κ1) is 15.9. The standard InChI is InChI=1S/C10H13N3O6S/c11-9(14)10(15)20(18,19)6-5-12-7-1-3-8(4-2-7)13(16)17/h1-4,10,12,15H,5-6H2,(H2,11,14). The van der Waals surface area contributed by atoms with E-state index < -0.39 is 31.9 Å². The highest BCUT2D eigenvalue weighted by Crippen LogP contribution is 2.15. The predicted octanol–water partition coefficient (Wildman–Crippen LogP) is -0.775. The third-order valence-corrected chi connectivity index (χ3v) is 4.06.